The molecular formula is C14H24O2. The van der Waals surface area contributed by atoms with Gasteiger partial charge in [0.15, 0.2) is 0 Å². The van der Waals surface area contributed by atoms with Crippen LogP contribution in [0.3, 0.4) is 0 Å². The van der Waals surface area contributed by atoms with Crippen LogP contribution in [-0.2, 0) is 9.53 Å². The summed E-state index contributed by atoms with van der Waals surface area (Å²) in [5.74, 6) is 0.382. The number of allylic oxidation sites excluding steroid dienone is 2. The zero-order valence-corrected chi connectivity index (χ0v) is 11.3. The van der Waals surface area contributed by atoms with Crippen molar-refractivity contribution in [3.05, 3.63) is 11.6 Å². The van der Waals surface area contributed by atoms with E-state index in [4.69, 9.17) is 4.74 Å². The zero-order valence-electron chi connectivity index (χ0n) is 11.3. The van der Waals surface area contributed by atoms with E-state index in [-0.39, 0.29) is 23.4 Å². The second kappa shape index (κ2) is 4.60. The first-order valence-corrected chi connectivity index (χ1v) is 6.16. The van der Waals surface area contributed by atoms with Crippen LogP contribution in [-0.4, -0.2) is 12.1 Å². The van der Waals surface area contributed by atoms with Crippen LogP contribution in [0.5, 0.6) is 0 Å². The van der Waals surface area contributed by atoms with Crippen molar-refractivity contribution in [2.24, 2.45) is 17.3 Å². The monoisotopic (exact) mass is 224 g/mol. The molecule has 1 aliphatic rings. The second-order valence-electron chi connectivity index (χ2n) is 5.72. The standard InChI is InChI=1S/C14H24O2/c1-7-10(4)16-13(15)12-11(8-9(2)3)14(12,5)6/h8,10-12H,7H2,1-6H3/t10-,11+,12+/m1/s1. The smallest absolute Gasteiger partial charge is 0.310 e. The average Bonchev–Trinajstić information content (AvgIpc) is 2.66. The molecule has 0 aromatic rings. The van der Waals surface area contributed by atoms with Crippen molar-refractivity contribution in [2.45, 2.75) is 54.1 Å². The fourth-order valence-corrected chi connectivity index (χ4v) is 2.15. The molecule has 1 rings (SSSR count). The molecule has 16 heavy (non-hydrogen) atoms. The van der Waals surface area contributed by atoms with E-state index in [2.05, 4.69) is 33.8 Å². The van der Waals surface area contributed by atoms with Gasteiger partial charge in [-0.15, -0.1) is 0 Å². The van der Waals surface area contributed by atoms with Gasteiger partial charge in [-0.1, -0.05) is 32.4 Å². The van der Waals surface area contributed by atoms with Crippen molar-refractivity contribution in [1.82, 2.24) is 0 Å². The van der Waals surface area contributed by atoms with E-state index in [1.165, 1.54) is 5.57 Å². The predicted molar refractivity (Wildman–Crippen MR) is 66.0 cm³/mol. The number of ether oxygens (including phenoxy) is 1. The Morgan fingerprint density at radius 1 is 1.44 bits per heavy atom. The Hall–Kier alpha value is -0.790. The first-order valence-electron chi connectivity index (χ1n) is 6.16. The molecule has 0 saturated heterocycles. The van der Waals surface area contributed by atoms with Gasteiger partial charge in [0, 0.05) is 0 Å². The Kier molecular flexibility index (Phi) is 3.82. The molecule has 1 fully saturated rings. The summed E-state index contributed by atoms with van der Waals surface area (Å²) in [6.45, 7) is 12.4. The fourth-order valence-electron chi connectivity index (χ4n) is 2.15. The van der Waals surface area contributed by atoms with Gasteiger partial charge in [0.1, 0.15) is 0 Å². The van der Waals surface area contributed by atoms with Gasteiger partial charge in [-0.3, -0.25) is 4.79 Å². The van der Waals surface area contributed by atoms with E-state index in [9.17, 15) is 4.79 Å². The van der Waals surface area contributed by atoms with Crippen LogP contribution in [0.15, 0.2) is 11.6 Å². The lowest BCUT2D eigenvalue weighted by Crippen LogP contribution is -2.17. The summed E-state index contributed by atoms with van der Waals surface area (Å²) in [6.07, 6.45) is 3.12. The molecule has 1 aliphatic carbocycles. The van der Waals surface area contributed by atoms with Gasteiger partial charge in [-0.2, -0.15) is 0 Å². The highest BCUT2D eigenvalue weighted by atomic mass is 16.5. The molecule has 3 atom stereocenters. The van der Waals surface area contributed by atoms with E-state index in [1.807, 2.05) is 13.8 Å². The maximum atomic E-state index is 11.9. The molecule has 92 valence electrons. The molecule has 0 aliphatic heterocycles. The summed E-state index contributed by atoms with van der Waals surface area (Å²) in [7, 11) is 0. The Balaban J connectivity index is 2.63. The van der Waals surface area contributed by atoms with Crippen LogP contribution in [0.4, 0.5) is 0 Å². The molecule has 0 radical (unpaired) electrons. The van der Waals surface area contributed by atoms with Gasteiger partial charge in [0.2, 0.25) is 0 Å². The van der Waals surface area contributed by atoms with Gasteiger partial charge in [0.25, 0.3) is 0 Å². The largest absolute Gasteiger partial charge is 0.462 e. The molecule has 0 aromatic heterocycles. The highest BCUT2D eigenvalue weighted by Crippen LogP contribution is 2.59. The molecule has 0 N–H and O–H groups in total. The quantitative estimate of drug-likeness (QED) is 0.539. The number of carbonyl (C=O) groups excluding carboxylic acids is 1. The molecule has 2 nitrogen and oxygen atoms in total. The van der Waals surface area contributed by atoms with Gasteiger partial charge in [-0.05, 0) is 38.5 Å². The van der Waals surface area contributed by atoms with Crippen molar-refractivity contribution >= 4 is 5.97 Å². The van der Waals surface area contributed by atoms with E-state index < -0.39 is 0 Å². The molecule has 2 heteroatoms. The molecular weight excluding hydrogens is 200 g/mol. The minimum Gasteiger partial charge on any atom is -0.462 e. The van der Waals surface area contributed by atoms with Crippen LogP contribution < -0.4 is 0 Å². The van der Waals surface area contributed by atoms with Crippen LogP contribution in [0, 0.1) is 17.3 Å². The maximum absolute atomic E-state index is 11.9. The van der Waals surface area contributed by atoms with Gasteiger partial charge >= 0.3 is 5.97 Å². The van der Waals surface area contributed by atoms with Crippen molar-refractivity contribution in [2.75, 3.05) is 0 Å². The summed E-state index contributed by atoms with van der Waals surface area (Å²) >= 11 is 0. The van der Waals surface area contributed by atoms with Crippen LogP contribution in [0.2, 0.25) is 0 Å². The van der Waals surface area contributed by atoms with Gasteiger partial charge in [0.05, 0.1) is 12.0 Å². The number of rotatable bonds is 4. The highest BCUT2D eigenvalue weighted by Gasteiger charge is 2.61. The van der Waals surface area contributed by atoms with Crippen LogP contribution in [0.25, 0.3) is 0 Å². The summed E-state index contributed by atoms with van der Waals surface area (Å²) in [5, 5.41) is 0. The topological polar surface area (TPSA) is 26.3 Å². The average molecular weight is 224 g/mol. The summed E-state index contributed by atoms with van der Waals surface area (Å²) < 4.78 is 5.40. The molecule has 0 amide bonds. The van der Waals surface area contributed by atoms with E-state index >= 15 is 0 Å². The van der Waals surface area contributed by atoms with Crippen molar-refractivity contribution in [3.63, 3.8) is 0 Å². The zero-order chi connectivity index (χ0) is 12.5. The van der Waals surface area contributed by atoms with Crippen molar-refractivity contribution < 1.29 is 9.53 Å². The molecule has 0 heterocycles. The fraction of sp³-hybridized carbons (Fsp3) is 0.786. The van der Waals surface area contributed by atoms with Gasteiger partial charge in [-0.25, -0.2) is 0 Å². The number of carbonyl (C=O) groups is 1. The Morgan fingerprint density at radius 2 is 2.00 bits per heavy atom. The van der Waals surface area contributed by atoms with E-state index in [0.717, 1.165) is 6.42 Å². The first kappa shape index (κ1) is 13.3. The number of hydrogen-bond donors (Lipinski definition) is 0. The third kappa shape index (κ3) is 2.66. The Bertz CT molecular complexity index is 298. The number of esters is 1. The Morgan fingerprint density at radius 3 is 2.44 bits per heavy atom. The van der Waals surface area contributed by atoms with Crippen LogP contribution in [0.1, 0.15) is 48.0 Å². The normalized spacial score (nSPS) is 28.1. The Labute approximate surface area is 99.1 Å². The lowest BCUT2D eigenvalue weighted by Gasteiger charge is -2.11. The van der Waals surface area contributed by atoms with Crippen molar-refractivity contribution in [1.29, 1.82) is 0 Å². The van der Waals surface area contributed by atoms with E-state index in [0.29, 0.717) is 5.92 Å². The summed E-state index contributed by atoms with van der Waals surface area (Å²) in [4.78, 5) is 11.9. The minimum atomic E-state index is -0.0261. The van der Waals surface area contributed by atoms with Crippen molar-refractivity contribution in [3.8, 4) is 0 Å². The molecule has 0 bridgehead atoms. The van der Waals surface area contributed by atoms with E-state index in [1.54, 1.807) is 0 Å². The first-order chi connectivity index (χ1) is 7.30. The lowest BCUT2D eigenvalue weighted by atomic mass is 10.1. The minimum absolute atomic E-state index is 0.0261. The highest BCUT2D eigenvalue weighted by molar-refractivity contribution is 5.78. The molecule has 1 saturated carbocycles. The molecule has 0 spiro atoms. The predicted octanol–water partition coefficient (Wildman–Crippen LogP) is 3.57. The van der Waals surface area contributed by atoms with Gasteiger partial charge < -0.3 is 4.74 Å². The summed E-state index contributed by atoms with van der Waals surface area (Å²) in [6, 6.07) is 0. The second-order valence-corrected chi connectivity index (χ2v) is 5.72. The van der Waals surface area contributed by atoms with Crippen LogP contribution >= 0.6 is 0 Å². The number of hydrogen-bond acceptors (Lipinski definition) is 2. The SMILES string of the molecule is CC[C@@H](C)OC(=O)[C@@H]1[C@H](C=C(C)C)C1(C)C. The third-order valence-corrected chi connectivity index (χ3v) is 3.57. The molecule has 0 unspecified atom stereocenters. The summed E-state index contributed by atoms with van der Waals surface area (Å²) in [5.41, 5.74) is 1.35. The third-order valence-electron chi connectivity index (χ3n) is 3.57. The maximum Gasteiger partial charge on any atom is 0.310 e. The molecule has 0 aromatic carbocycles. The lowest BCUT2D eigenvalue weighted by molar-refractivity contribution is -0.150.